The zero-order chi connectivity index (χ0) is 20.6. The molecule has 0 aliphatic heterocycles. The molecule has 1 N–H and O–H groups in total. The molecule has 4 nitrogen and oxygen atoms in total. The van der Waals surface area contributed by atoms with Gasteiger partial charge < -0.3 is 14.5 Å². The molecule has 0 fully saturated rings. The Balaban J connectivity index is 1.61. The van der Waals surface area contributed by atoms with Crippen LogP contribution in [0.4, 0.5) is 18.9 Å². The maximum absolute atomic E-state index is 12.9. The molecular formula is C22H16F3NO3. The first-order valence-electron chi connectivity index (χ1n) is 8.80. The van der Waals surface area contributed by atoms with Crippen molar-refractivity contribution in [3.05, 3.63) is 71.8 Å². The van der Waals surface area contributed by atoms with E-state index in [0.29, 0.717) is 22.6 Å². The molecule has 0 unspecified atom stereocenters. The van der Waals surface area contributed by atoms with Crippen molar-refractivity contribution in [1.29, 1.82) is 0 Å². The summed E-state index contributed by atoms with van der Waals surface area (Å²) in [4.78, 5) is 12.4. The molecule has 0 aliphatic rings. The maximum atomic E-state index is 12.9. The van der Waals surface area contributed by atoms with E-state index in [-0.39, 0.29) is 12.0 Å². The molecule has 3 aromatic carbocycles. The first-order chi connectivity index (χ1) is 13.8. The number of fused-ring (bicyclic) bond motifs is 3. The van der Waals surface area contributed by atoms with Gasteiger partial charge in [0.15, 0.2) is 0 Å². The fourth-order valence-corrected chi connectivity index (χ4v) is 3.26. The molecule has 0 bridgehead atoms. The van der Waals surface area contributed by atoms with Crippen molar-refractivity contribution >= 4 is 33.5 Å². The van der Waals surface area contributed by atoms with Crippen LogP contribution in [0.5, 0.6) is 5.75 Å². The van der Waals surface area contributed by atoms with Crippen LogP contribution in [-0.2, 0) is 17.4 Å². The van der Waals surface area contributed by atoms with Crippen molar-refractivity contribution in [3.63, 3.8) is 0 Å². The number of furan rings is 1. The number of halogens is 3. The third-order valence-electron chi connectivity index (χ3n) is 4.59. The number of carbonyl (C=O) groups is 1. The highest BCUT2D eigenvalue weighted by Gasteiger charge is 2.30. The van der Waals surface area contributed by atoms with Gasteiger partial charge in [0, 0.05) is 16.8 Å². The largest absolute Gasteiger partial charge is 0.495 e. The normalized spacial score (nSPS) is 11.7. The lowest BCUT2D eigenvalue weighted by molar-refractivity contribution is -0.137. The number of methoxy groups -OCH3 is 1. The molecule has 4 rings (SSSR count). The van der Waals surface area contributed by atoms with Gasteiger partial charge in [0.05, 0.1) is 24.8 Å². The quantitative estimate of drug-likeness (QED) is 0.472. The van der Waals surface area contributed by atoms with E-state index in [1.807, 2.05) is 24.3 Å². The van der Waals surface area contributed by atoms with Crippen LogP contribution in [0.2, 0.25) is 0 Å². The molecule has 1 aromatic heterocycles. The number of benzene rings is 3. The summed E-state index contributed by atoms with van der Waals surface area (Å²) < 4.78 is 49.8. The second kappa shape index (κ2) is 7.16. The van der Waals surface area contributed by atoms with Crippen molar-refractivity contribution in [2.45, 2.75) is 12.6 Å². The van der Waals surface area contributed by atoms with E-state index in [0.717, 1.165) is 22.9 Å². The fourth-order valence-electron chi connectivity index (χ4n) is 3.26. The van der Waals surface area contributed by atoms with Crippen LogP contribution in [0, 0.1) is 0 Å². The summed E-state index contributed by atoms with van der Waals surface area (Å²) in [6.07, 6.45) is -4.66. The van der Waals surface area contributed by atoms with Gasteiger partial charge in [-0.1, -0.05) is 36.4 Å². The van der Waals surface area contributed by atoms with Crippen molar-refractivity contribution in [2.75, 3.05) is 12.4 Å². The minimum atomic E-state index is -4.46. The first kappa shape index (κ1) is 18.9. The van der Waals surface area contributed by atoms with E-state index >= 15 is 0 Å². The molecule has 7 heteroatoms. The van der Waals surface area contributed by atoms with Gasteiger partial charge in [0.1, 0.15) is 16.9 Å². The third-order valence-corrected chi connectivity index (χ3v) is 4.59. The summed E-state index contributed by atoms with van der Waals surface area (Å²) in [6, 6.07) is 15.6. The number of ether oxygens (including phenoxy) is 1. The lowest BCUT2D eigenvalue weighted by Crippen LogP contribution is -2.15. The highest BCUT2D eigenvalue weighted by molar-refractivity contribution is 6.07. The topological polar surface area (TPSA) is 51.5 Å². The first-order valence-corrected chi connectivity index (χ1v) is 8.80. The van der Waals surface area contributed by atoms with E-state index in [9.17, 15) is 18.0 Å². The number of rotatable bonds is 4. The van der Waals surface area contributed by atoms with Gasteiger partial charge in [-0.25, -0.2) is 0 Å². The lowest BCUT2D eigenvalue weighted by Gasteiger charge is -2.11. The molecule has 0 atom stereocenters. The Morgan fingerprint density at radius 2 is 1.79 bits per heavy atom. The highest BCUT2D eigenvalue weighted by Crippen LogP contribution is 2.36. The van der Waals surface area contributed by atoms with Crippen LogP contribution in [-0.4, -0.2) is 13.0 Å². The van der Waals surface area contributed by atoms with Gasteiger partial charge in [0.2, 0.25) is 5.91 Å². The van der Waals surface area contributed by atoms with E-state index in [1.54, 1.807) is 12.1 Å². The van der Waals surface area contributed by atoms with Gasteiger partial charge in [-0.3, -0.25) is 4.79 Å². The Kier molecular flexibility index (Phi) is 4.66. The minimum absolute atomic E-state index is 0.203. The Morgan fingerprint density at radius 1 is 1.00 bits per heavy atom. The summed E-state index contributed by atoms with van der Waals surface area (Å²) in [5.74, 6) is -0.0282. The number of carbonyl (C=O) groups excluding carboxylic acids is 1. The summed E-state index contributed by atoms with van der Waals surface area (Å²) in [5.41, 5.74) is 1.14. The van der Waals surface area contributed by atoms with Crippen molar-refractivity contribution in [2.24, 2.45) is 0 Å². The molecule has 29 heavy (non-hydrogen) atoms. The summed E-state index contributed by atoms with van der Waals surface area (Å²) in [6.45, 7) is 0. The van der Waals surface area contributed by atoms with E-state index < -0.39 is 17.6 Å². The predicted molar refractivity (Wildman–Crippen MR) is 104 cm³/mol. The average molecular weight is 399 g/mol. The molecule has 0 saturated heterocycles. The Labute approximate surface area is 163 Å². The van der Waals surface area contributed by atoms with E-state index in [2.05, 4.69) is 5.32 Å². The van der Waals surface area contributed by atoms with Crippen LogP contribution in [0.1, 0.15) is 11.1 Å². The second-order valence-corrected chi connectivity index (χ2v) is 6.57. The molecule has 0 saturated carbocycles. The van der Waals surface area contributed by atoms with Gasteiger partial charge in [-0.05, 0) is 23.8 Å². The molecule has 0 aliphatic carbocycles. The fraction of sp³-hybridized carbons (Fsp3) is 0.136. The van der Waals surface area contributed by atoms with Gasteiger partial charge in [-0.2, -0.15) is 13.2 Å². The molecule has 0 radical (unpaired) electrons. The second-order valence-electron chi connectivity index (χ2n) is 6.57. The predicted octanol–water partition coefficient (Wildman–Crippen LogP) is 5.79. The number of para-hydroxylation sites is 1. The number of hydrogen-bond acceptors (Lipinski definition) is 3. The number of hydrogen-bond donors (Lipinski definition) is 1. The van der Waals surface area contributed by atoms with Gasteiger partial charge in [-0.15, -0.1) is 0 Å². The van der Waals surface area contributed by atoms with E-state index in [4.69, 9.17) is 9.15 Å². The molecule has 1 amide bonds. The molecule has 4 aromatic rings. The smallest absolute Gasteiger partial charge is 0.416 e. The lowest BCUT2D eigenvalue weighted by atomic mass is 10.1. The summed E-state index contributed by atoms with van der Waals surface area (Å²) >= 11 is 0. The van der Waals surface area contributed by atoms with Crippen LogP contribution >= 0.6 is 0 Å². The Morgan fingerprint density at radius 3 is 2.55 bits per heavy atom. The van der Waals surface area contributed by atoms with Crippen LogP contribution in [0.15, 0.2) is 65.1 Å². The monoisotopic (exact) mass is 399 g/mol. The third kappa shape index (κ3) is 3.76. The average Bonchev–Trinajstić information content (AvgIpc) is 3.04. The number of amides is 1. The molecule has 1 heterocycles. The molecular weight excluding hydrogens is 383 g/mol. The minimum Gasteiger partial charge on any atom is -0.495 e. The molecule has 148 valence electrons. The van der Waals surface area contributed by atoms with Crippen LogP contribution < -0.4 is 10.1 Å². The summed E-state index contributed by atoms with van der Waals surface area (Å²) in [7, 11) is 1.48. The van der Waals surface area contributed by atoms with Crippen molar-refractivity contribution in [1.82, 2.24) is 0 Å². The van der Waals surface area contributed by atoms with Gasteiger partial charge in [0.25, 0.3) is 0 Å². The van der Waals surface area contributed by atoms with Crippen LogP contribution in [0.25, 0.3) is 21.9 Å². The zero-order valence-electron chi connectivity index (χ0n) is 15.3. The zero-order valence-corrected chi connectivity index (χ0v) is 15.3. The number of alkyl halides is 3. The maximum Gasteiger partial charge on any atom is 0.416 e. The molecule has 0 spiro atoms. The van der Waals surface area contributed by atoms with Crippen molar-refractivity contribution in [3.8, 4) is 5.75 Å². The summed E-state index contributed by atoms with van der Waals surface area (Å²) in [5, 5.41) is 4.46. The Bertz CT molecular complexity index is 1210. The standard InChI is InChI=1S/C22H16F3NO3/c1-28-20-11-16-15-7-2-3-8-18(15)29-19(16)12-17(20)26-21(27)10-13-5-4-6-14(9-13)22(23,24)25/h2-9,11-12H,10H2,1H3,(H,26,27). The van der Waals surface area contributed by atoms with Crippen molar-refractivity contribution < 1.29 is 27.1 Å². The number of nitrogens with one attached hydrogen (secondary N) is 1. The van der Waals surface area contributed by atoms with Gasteiger partial charge >= 0.3 is 6.18 Å². The Hall–Kier alpha value is -3.48. The number of anilines is 1. The SMILES string of the molecule is COc1cc2c(cc1NC(=O)Cc1cccc(C(F)(F)F)c1)oc1ccccc12. The van der Waals surface area contributed by atoms with E-state index in [1.165, 1.54) is 19.2 Å². The van der Waals surface area contributed by atoms with Crippen LogP contribution in [0.3, 0.4) is 0 Å². The highest BCUT2D eigenvalue weighted by atomic mass is 19.4.